The van der Waals surface area contributed by atoms with Crippen molar-refractivity contribution in [3.63, 3.8) is 0 Å². The van der Waals surface area contributed by atoms with Crippen molar-refractivity contribution >= 4 is 11.8 Å². The van der Waals surface area contributed by atoms with Gasteiger partial charge in [0.1, 0.15) is 5.82 Å². The molecule has 150 valence electrons. The zero-order valence-electron chi connectivity index (χ0n) is 16.2. The van der Waals surface area contributed by atoms with Crippen LogP contribution in [0.3, 0.4) is 0 Å². The molecule has 2 aromatic rings. The van der Waals surface area contributed by atoms with Crippen molar-refractivity contribution < 1.29 is 14.0 Å². The summed E-state index contributed by atoms with van der Waals surface area (Å²) in [7, 11) is 0. The molecule has 7 nitrogen and oxygen atoms in total. The first-order valence-corrected chi connectivity index (χ1v) is 9.46. The van der Waals surface area contributed by atoms with Crippen LogP contribution in [0.1, 0.15) is 23.4 Å². The van der Waals surface area contributed by atoms with Crippen LogP contribution in [-0.2, 0) is 22.7 Å². The van der Waals surface area contributed by atoms with Crippen LogP contribution in [0.5, 0.6) is 0 Å². The first-order chi connectivity index (χ1) is 13.4. The predicted octanol–water partition coefficient (Wildman–Crippen LogP) is 1.15. The largest absolute Gasteiger partial charge is 0.354 e. The van der Waals surface area contributed by atoms with Gasteiger partial charge in [0.05, 0.1) is 24.7 Å². The highest BCUT2D eigenvalue weighted by molar-refractivity contribution is 5.88. The van der Waals surface area contributed by atoms with Gasteiger partial charge >= 0.3 is 0 Å². The number of benzene rings is 1. The Morgan fingerprint density at radius 1 is 1.36 bits per heavy atom. The minimum atomic E-state index is -0.564. The lowest BCUT2D eigenvalue weighted by Crippen LogP contribution is -2.56. The van der Waals surface area contributed by atoms with Crippen LogP contribution in [0.25, 0.3) is 0 Å². The number of hydrogen-bond acceptors (Lipinski definition) is 4. The molecule has 2 N–H and O–H groups in total. The van der Waals surface area contributed by atoms with E-state index in [1.54, 1.807) is 6.07 Å². The van der Waals surface area contributed by atoms with E-state index in [0.29, 0.717) is 32.7 Å². The lowest BCUT2D eigenvalue weighted by Gasteiger charge is -2.34. The Kier molecular flexibility index (Phi) is 6.41. The third-order valence-corrected chi connectivity index (χ3v) is 4.84. The third-order valence-electron chi connectivity index (χ3n) is 4.84. The van der Waals surface area contributed by atoms with E-state index in [1.807, 2.05) is 35.6 Å². The van der Waals surface area contributed by atoms with Crippen molar-refractivity contribution in [2.75, 3.05) is 19.6 Å². The van der Waals surface area contributed by atoms with Gasteiger partial charge in [0, 0.05) is 31.9 Å². The van der Waals surface area contributed by atoms with Crippen molar-refractivity contribution in [3.8, 4) is 0 Å². The van der Waals surface area contributed by atoms with Crippen LogP contribution in [0.2, 0.25) is 0 Å². The summed E-state index contributed by atoms with van der Waals surface area (Å²) in [6.07, 6.45) is 0.0677. The number of nitrogens with one attached hydrogen (secondary N) is 2. The number of amides is 2. The number of carbonyl (C=O) groups excluding carboxylic acids is 2. The van der Waals surface area contributed by atoms with Gasteiger partial charge in [-0.05, 0) is 37.6 Å². The van der Waals surface area contributed by atoms with E-state index in [9.17, 15) is 14.0 Å². The number of hydrogen-bond donors (Lipinski definition) is 2. The van der Waals surface area contributed by atoms with Gasteiger partial charge in [-0.3, -0.25) is 19.2 Å². The summed E-state index contributed by atoms with van der Waals surface area (Å²) in [5, 5.41) is 10.0. The van der Waals surface area contributed by atoms with Gasteiger partial charge in [0.15, 0.2) is 0 Å². The average Bonchev–Trinajstić information content (AvgIpc) is 2.95. The van der Waals surface area contributed by atoms with E-state index in [4.69, 9.17) is 0 Å². The lowest BCUT2D eigenvalue weighted by molar-refractivity contribution is -0.134. The maximum absolute atomic E-state index is 13.4. The van der Waals surface area contributed by atoms with Gasteiger partial charge in [-0.2, -0.15) is 5.10 Å². The Bertz CT molecular complexity index is 851. The quantitative estimate of drug-likeness (QED) is 0.747. The number of aryl methyl sites for hydroxylation is 2. The zero-order valence-corrected chi connectivity index (χ0v) is 16.2. The molecule has 1 atom stereocenters. The molecule has 0 aliphatic carbocycles. The number of piperazine rings is 1. The molecular weight excluding hydrogens is 361 g/mol. The smallest absolute Gasteiger partial charge is 0.237 e. The first-order valence-electron chi connectivity index (χ1n) is 9.46. The Balaban J connectivity index is 1.55. The number of carbonyl (C=O) groups is 2. The Morgan fingerprint density at radius 2 is 2.18 bits per heavy atom. The molecule has 1 aromatic carbocycles. The van der Waals surface area contributed by atoms with Crippen LogP contribution in [0.4, 0.5) is 4.39 Å². The topological polar surface area (TPSA) is 79.3 Å². The Hall–Kier alpha value is -2.74. The second-order valence-electron chi connectivity index (χ2n) is 7.11. The molecule has 8 heteroatoms. The van der Waals surface area contributed by atoms with Gasteiger partial charge in [-0.1, -0.05) is 12.1 Å². The molecule has 2 amide bonds. The van der Waals surface area contributed by atoms with Gasteiger partial charge in [0.2, 0.25) is 11.8 Å². The fourth-order valence-electron chi connectivity index (χ4n) is 3.49. The van der Waals surface area contributed by atoms with Crippen molar-refractivity contribution in [1.82, 2.24) is 25.3 Å². The monoisotopic (exact) mass is 387 g/mol. The average molecular weight is 387 g/mol. The molecule has 1 aliphatic rings. The Morgan fingerprint density at radius 3 is 2.89 bits per heavy atom. The first kappa shape index (κ1) is 20.0. The number of rotatable bonds is 7. The second-order valence-corrected chi connectivity index (χ2v) is 7.11. The fraction of sp³-hybridized carbons (Fsp3) is 0.450. The maximum Gasteiger partial charge on any atom is 0.237 e. The van der Waals surface area contributed by atoms with Crippen molar-refractivity contribution in [2.24, 2.45) is 0 Å². The molecule has 0 spiro atoms. The van der Waals surface area contributed by atoms with Crippen molar-refractivity contribution in [2.45, 2.75) is 39.4 Å². The molecular formula is C20H26FN5O2. The Labute approximate surface area is 163 Å². The summed E-state index contributed by atoms with van der Waals surface area (Å²) in [6.45, 7) is 6.48. The van der Waals surface area contributed by atoms with E-state index >= 15 is 0 Å². The standard InChI is InChI=1S/C20H26FN5O2/c1-14-10-15(2)26(24-14)9-7-22-19(27)12-18-20(28)23-6-8-25(18)13-16-4-3-5-17(21)11-16/h3-5,10-11,18H,6-9,12-13H2,1-2H3,(H,22,27)(H,23,28). The summed E-state index contributed by atoms with van der Waals surface area (Å²) in [5.41, 5.74) is 2.76. The highest BCUT2D eigenvalue weighted by Crippen LogP contribution is 2.14. The summed E-state index contributed by atoms with van der Waals surface area (Å²) < 4.78 is 15.3. The molecule has 1 aliphatic heterocycles. The maximum atomic E-state index is 13.4. The van der Waals surface area contributed by atoms with E-state index in [2.05, 4.69) is 15.7 Å². The number of nitrogens with zero attached hydrogens (tertiary/aromatic N) is 3. The van der Waals surface area contributed by atoms with Crippen LogP contribution in [0.15, 0.2) is 30.3 Å². The van der Waals surface area contributed by atoms with Gasteiger partial charge in [-0.15, -0.1) is 0 Å². The summed E-state index contributed by atoms with van der Waals surface area (Å²) in [5.74, 6) is -0.665. The highest BCUT2D eigenvalue weighted by atomic mass is 19.1. The molecule has 2 heterocycles. The molecule has 0 saturated carbocycles. The highest BCUT2D eigenvalue weighted by Gasteiger charge is 2.31. The van der Waals surface area contributed by atoms with E-state index in [0.717, 1.165) is 17.0 Å². The van der Waals surface area contributed by atoms with Crippen molar-refractivity contribution in [1.29, 1.82) is 0 Å². The van der Waals surface area contributed by atoms with Crippen LogP contribution in [-0.4, -0.2) is 52.2 Å². The van der Waals surface area contributed by atoms with E-state index < -0.39 is 6.04 Å². The van der Waals surface area contributed by atoms with Crippen molar-refractivity contribution in [3.05, 3.63) is 53.1 Å². The van der Waals surface area contributed by atoms with Gasteiger partial charge in [0.25, 0.3) is 0 Å². The minimum absolute atomic E-state index is 0.0677. The minimum Gasteiger partial charge on any atom is -0.354 e. The van der Waals surface area contributed by atoms with E-state index in [-0.39, 0.29) is 24.1 Å². The molecule has 1 unspecified atom stereocenters. The summed E-state index contributed by atoms with van der Waals surface area (Å²) in [6, 6.07) is 7.73. The van der Waals surface area contributed by atoms with Gasteiger partial charge < -0.3 is 10.6 Å². The number of halogens is 1. The fourth-order valence-corrected chi connectivity index (χ4v) is 3.49. The lowest BCUT2D eigenvalue weighted by atomic mass is 10.1. The SMILES string of the molecule is Cc1cc(C)n(CCNC(=O)CC2C(=O)NCCN2Cc2cccc(F)c2)n1. The zero-order chi connectivity index (χ0) is 20.1. The van der Waals surface area contributed by atoms with Crippen LogP contribution >= 0.6 is 0 Å². The second kappa shape index (κ2) is 8.97. The summed E-state index contributed by atoms with van der Waals surface area (Å²) in [4.78, 5) is 26.6. The molecule has 0 bridgehead atoms. The molecule has 1 saturated heterocycles. The predicted molar refractivity (Wildman–Crippen MR) is 103 cm³/mol. The van der Waals surface area contributed by atoms with Crippen LogP contribution in [0, 0.1) is 19.7 Å². The molecule has 1 aromatic heterocycles. The molecule has 1 fully saturated rings. The molecule has 0 radical (unpaired) electrons. The summed E-state index contributed by atoms with van der Waals surface area (Å²) >= 11 is 0. The normalized spacial score (nSPS) is 17.4. The molecule has 28 heavy (non-hydrogen) atoms. The third kappa shape index (κ3) is 5.16. The van der Waals surface area contributed by atoms with Gasteiger partial charge in [-0.25, -0.2) is 4.39 Å². The van der Waals surface area contributed by atoms with Crippen LogP contribution < -0.4 is 10.6 Å². The number of aromatic nitrogens is 2. The van der Waals surface area contributed by atoms with E-state index in [1.165, 1.54) is 12.1 Å². The molecule has 3 rings (SSSR count).